The van der Waals surface area contributed by atoms with Crippen molar-refractivity contribution < 1.29 is 19.5 Å². The lowest BCUT2D eigenvalue weighted by atomic mass is 9.92. The van der Waals surface area contributed by atoms with E-state index in [0.717, 1.165) is 44.3 Å². The van der Waals surface area contributed by atoms with Crippen molar-refractivity contribution in [1.29, 1.82) is 0 Å². The Morgan fingerprint density at radius 3 is 1.89 bits per heavy atom. The number of carbonyl (C=O) groups excluding carboxylic acids is 2. The molecule has 2 amide bonds. The lowest BCUT2D eigenvalue weighted by molar-refractivity contribution is -0.146. The molecule has 2 saturated heterocycles. The summed E-state index contributed by atoms with van der Waals surface area (Å²) in [6, 6.07) is 0.337. The highest BCUT2D eigenvalue weighted by Gasteiger charge is 2.42. The number of hydrogen-bond donors (Lipinski definition) is 3. The molecule has 4 atom stereocenters. The normalized spacial score (nSPS) is 21.4. The Balaban J connectivity index is 1.40. The van der Waals surface area contributed by atoms with E-state index in [0.29, 0.717) is 18.1 Å². The van der Waals surface area contributed by atoms with Crippen molar-refractivity contribution in [3.05, 3.63) is 0 Å². The van der Waals surface area contributed by atoms with Gasteiger partial charge >= 0.3 is 12.0 Å². The van der Waals surface area contributed by atoms with Crippen molar-refractivity contribution in [2.24, 2.45) is 5.92 Å². The number of hydrogen-bond acceptors (Lipinski definition) is 4. The minimum Gasteiger partial charge on any atom is -0.481 e. The Labute approximate surface area is 230 Å². The number of nitrogens with one attached hydrogen (secondary N) is 2. The number of urea groups is 1. The number of ketones is 1. The lowest BCUT2D eigenvalue weighted by Crippen LogP contribution is -2.36. The zero-order valence-corrected chi connectivity index (χ0v) is 24.3. The highest BCUT2D eigenvalue weighted by molar-refractivity contribution is 8.00. The molecule has 0 aromatic heterocycles. The van der Waals surface area contributed by atoms with Crippen molar-refractivity contribution in [2.75, 3.05) is 5.75 Å². The van der Waals surface area contributed by atoms with Gasteiger partial charge in [0.1, 0.15) is 11.7 Å². The Hall–Kier alpha value is -1.24. The molecule has 0 saturated carbocycles. The smallest absolute Gasteiger partial charge is 0.315 e. The van der Waals surface area contributed by atoms with Gasteiger partial charge in [-0.3, -0.25) is 9.59 Å². The van der Waals surface area contributed by atoms with Gasteiger partial charge in [-0.15, -0.1) is 0 Å². The molecule has 7 heteroatoms. The van der Waals surface area contributed by atoms with E-state index < -0.39 is 11.9 Å². The minimum atomic E-state index is -0.958. The largest absolute Gasteiger partial charge is 0.481 e. The van der Waals surface area contributed by atoms with Crippen LogP contribution in [-0.4, -0.2) is 46.0 Å². The maximum atomic E-state index is 12.5. The van der Waals surface area contributed by atoms with Gasteiger partial charge in [0.25, 0.3) is 0 Å². The van der Waals surface area contributed by atoms with Crippen LogP contribution >= 0.6 is 11.8 Å². The number of carboxylic acid groups (broad SMARTS) is 1. The van der Waals surface area contributed by atoms with Crippen molar-refractivity contribution in [2.45, 2.75) is 159 Å². The maximum Gasteiger partial charge on any atom is 0.315 e. The maximum absolute atomic E-state index is 12.5. The van der Waals surface area contributed by atoms with Gasteiger partial charge in [-0.25, -0.2) is 4.79 Å². The molecule has 0 spiro atoms. The van der Waals surface area contributed by atoms with Gasteiger partial charge in [0.05, 0.1) is 12.1 Å². The zero-order valence-electron chi connectivity index (χ0n) is 23.4. The van der Waals surface area contributed by atoms with Crippen molar-refractivity contribution in [3.8, 4) is 0 Å². The second kappa shape index (κ2) is 19.8. The second-order valence-corrected chi connectivity index (χ2v) is 12.6. The van der Waals surface area contributed by atoms with Crippen molar-refractivity contribution in [1.82, 2.24) is 10.6 Å². The minimum absolute atomic E-state index is 0.0751. The van der Waals surface area contributed by atoms with E-state index in [2.05, 4.69) is 17.6 Å². The van der Waals surface area contributed by atoms with Gasteiger partial charge in [-0.1, -0.05) is 116 Å². The number of Topliss-reactive ketones (excluding diaryl/α,β-unsaturated/α-hetero) is 1. The molecule has 37 heavy (non-hydrogen) atoms. The van der Waals surface area contributed by atoms with Gasteiger partial charge in [-0.2, -0.15) is 11.8 Å². The molecular weight excluding hydrogens is 484 g/mol. The van der Waals surface area contributed by atoms with Crippen LogP contribution in [0, 0.1) is 5.92 Å². The number of amides is 2. The van der Waals surface area contributed by atoms with Crippen LogP contribution in [0.3, 0.4) is 0 Å². The Morgan fingerprint density at radius 1 is 0.811 bits per heavy atom. The molecule has 6 nitrogen and oxygen atoms in total. The first-order chi connectivity index (χ1) is 18.0. The summed E-state index contributed by atoms with van der Waals surface area (Å²) in [4.78, 5) is 35.7. The molecule has 2 aliphatic rings. The number of aliphatic carboxylic acids is 1. The van der Waals surface area contributed by atoms with Crippen molar-refractivity contribution in [3.63, 3.8) is 0 Å². The van der Waals surface area contributed by atoms with Crippen LogP contribution < -0.4 is 10.6 Å². The summed E-state index contributed by atoms with van der Waals surface area (Å²) in [5.74, 6) is -0.968. The summed E-state index contributed by atoms with van der Waals surface area (Å²) >= 11 is 1.88. The molecule has 2 fully saturated rings. The first-order valence-electron chi connectivity index (χ1n) is 15.5. The predicted molar refractivity (Wildman–Crippen MR) is 154 cm³/mol. The number of carbonyl (C=O) groups is 3. The first kappa shape index (κ1) is 32.0. The summed E-state index contributed by atoms with van der Waals surface area (Å²) in [7, 11) is 0. The number of fused-ring (bicyclic) bond motifs is 1. The molecule has 2 aliphatic heterocycles. The van der Waals surface area contributed by atoms with Gasteiger partial charge < -0.3 is 15.7 Å². The zero-order chi connectivity index (χ0) is 26.7. The molecular formula is C30H54N2O4S. The van der Waals surface area contributed by atoms with E-state index in [-0.39, 0.29) is 23.9 Å². The van der Waals surface area contributed by atoms with Crippen LogP contribution in [0.1, 0.15) is 142 Å². The number of thioether (sulfide) groups is 1. The summed E-state index contributed by atoms with van der Waals surface area (Å²) in [5, 5.41) is 15.9. The summed E-state index contributed by atoms with van der Waals surface area (Å²) < 4.78 is 0. The molecule has 0 aromatic carbocycles. The predicted octanol–water partition coefficient (Wildman–Crippen LogP) is 7.63. The fourth-order valence-corrected chi connectivity index (χ4v) is 7.32. The highest BCUT2D eigenvalue weighted by Crippen LogP contribution is 2.33. The van der Waals surface area contributed by atoms with E-state index >= 15 is 0 Å². The molecule has 2 rings (SSSR count). The molecule has 2 heterocycles. The topological polar surface area (TPSA) is 95.5 Å². The molecule has 1 unspecified atom stereocenters. The first-order valence-corrected chi connectivity index (χ1v) is 16.5. The summed E-state index contributed by atoms with van der Waals surface area (Å²) in [6.45, 7) is 2.27. The van der Waals surface area contributed by atoms with Gasteiger partial charge in [-0.05, 0) is 19.3 Å². The number of carboxylic acids is 1. The monoisotopic (exact) mass is 538 g/mol. The summed E-state index contributed by atoms with van der Waals surface area (Å²) in [6.07, 6.45) is 24.1. The molecule has 214 valence electrons. The van der Waals surface area contributed by atoms with Gasteiger partial charge in [0.2, 0.25) is 0 Å². The standard InChI is InChI=1S/C30H54N2O4S/c1-2-3-4-5-6-7-8-9-10-11-12-13-14-15-16-17-20-24(29(34)35)26(33)21-18-19-22-27-28-25(23-37-27)31-30(36)32-28/h24-25,27-28H,2-23H2,1H3,(H,34,35)(H2,31,32,36)/t24?,25-,27-,28-/m0/s1. The molecule has 3 N–H and O–H groups in total. The van der Waals surface area contributed by atoms with Crippen LogP contribution in [-0.2, 0) is 9.59 Å². The van der Waals surface area contributed by atoms with Crippen LogP contribution in [0.15, 0.2) is 0 Å². The molecule has 0 bridgehead atoms. The van der Waals surface area contributed by atoms with E-state index in [9.17, 15) is 19.5 Å². The Morgan fingerprint density at radius 2 is 1.35 bits per heavy atom. The SMILES string of the molecule is CCCCCCCCCCCCCCCCCCC(C(=O)O)C(=O)CCCC[C@@H]1SC[C@@H]2NC(=O)N[C@@H]21. The number of unbranched alkanes of at least 4 members (excludes halogenated alkanes) is 16. The third kappa shape index (κ3) is 13.4. The second-order valence-electron chi connectivity index (χ2n) is 11.3. The van der Waals surface area contributed by atoms with E-state index in [1.54, 1.807) is 0 Å². The van der Waals surface area contributed by atoms with Gasteiger partial charge in [0, 0.05) is 17.4 Å². The summed E-state index contributed by atoms with van der Waals surface area (Å²) in [5.41, 5.74) is 0. The Bertz CT molecular complexity index is 659. The number of rotatable bonds is 24. The van der Waals surface area contributed by atoms with E-state index in [1.165, 1.54) is 83.5 Å². The average Bonchev–Trinajstić information content (AvgIpc) is 3.42. The van der Waals surface area contributed by atoms with E-state index in [1.807, 2.05) is 11.8 Å². The fourth-order valence-electron chi connectivity index (χ4n) is 5.78. The average molecular weight is 539 g/mol. The quantitative estimate of drug-likeness (QED) is 0.0667. The fraction of sp³-hybridized carbons (Fsp3) is 0.900. The van der Waals surface area contributed by atoms with Gasteiger partial charge in [0.15, 0.2) is 0 Å². The highest BCUT2D eigenvalue weighted by atomic mass is 32.2. The molecule has 0 aromatic rings. The Kier molecular flexibility index (Phi) is 17.1. The molecule has 0 aliphatic carbocycles. The van der Waals surface area contributed by atoms with Crippen LogP contribution in [0.5, 0.6) is 0 Å². The van der Waals surface area contributed by atoms with E-state index in [4.69, 9.17) is 0 Å². The third-order valence-electron chi connectivity index (χ3n) is 8.13. The molecule has 0 radical (unpaired) electrons. The van der Waals surface area contributed by atoms with Crippen molar-refractivity contribution >= 4 is 29.5 Å². The third-order valence-corrected chi connectivity index (χ3v) is 9.64. The lowest BCUT2D eigenvalue weighted by Gasteiger charge is -2.16. The van der Waals surface area contributed by atoms with Crippen LogP contribution in [0.25, 0.3) is 0 Å². The van der Waals surface area contributed by atoms with Crippen LogP contribution in [0.4, 0.5) is 4.79 Å². The van der Waals surface area contributed by atoms with Crippen LogP contribution in [0.2, 0.25) is 0 Å².